The van der Waals surface area contributed by atoms with Crippen molar-refractivity contribution in [1.29, 1.82) is 0 Å². The molecule has 0 bridgehead atoms. The summed E-state index contributed by atoms with van der Waals surface area (Å²) < 4.78 is 11.5. The molecule has 4 aromatic carbocycles. The van der Waals surface area contributed by atoms with Gasteiger partial charge in [-0.3, -0.25) is 20.2 Å². The number of nitrogens with zero attached hydrogens (tertiary/aromatic N) is 2. The van der Waals surface area contributed by atoms with Crippen molar-refractivity contribution in [2.24, 2.45) is 0 Å². The van der Waals surface area contributed by atoms with Crippen LogP contribution in [-0.2, 0) is 6.42 Å². The number of nitro benzene ring substituents is 2. The van der Waals surface area contributed by atoms with Crippen LogP contribution in [0.3, 0.4) is 0 Å². The first kappa shape index (κ1) is 23.4. The zero-order chi connectivity index (χ0) is 24.8. The first-order valence-electron chi connectivity index (χ1n) is 10.9. The molecule has 0 saturated carbocycles. The highest BCUT2D eigenvalue weighted by atomic mass is 16.6. The summed E-state index contributed by atoms with van der Waals surface area (Å²) in [5.74, 6) is 2.65. The van der Waals surface area contributed by atoms with Crippen LogP contribution in [0, 0.1) is 20.2 Å². The fraction of sp³-hybridized carbons (Fsp3) is 0.111. The highest BCUT2D eigenvalue weighted by Gasteiger charge is 2.10. The molecule has 0 saturated heterocycles. The lowest BCUT2D eigenvalue weighted by Crippen LogP contribution is -1.98. The molecule has 1 atom stereocenters. The van der Waals surface area contributed by atoms with E-state index < -0.39 is 9.85 Å². The number of ether oxygens (including phenoxy) is 2. The molecule has 4 aromatic rings. The molecular formula is C27H22N2O6. The fourth-order valence-electron chi connectivity index (χ4n) is 3.57. The average Bonchev–Trinajstić information content (AvgIpc) is 2.86. The van der Waals surface area contributed by atoms with Crippen molar-refractivity contribution in [3.8, 4) is 23.0 Å². The van der Waals surface area contributed by atoms with E-state index >= 15 is 0 Å². The predicted molar refractivity (Wildman–Crippen MR) is 131 cm³/mol. The van der Waals surface area contributed by atoms with Gasteiger partial charge in [-0.1, -0.05) is 31.2 Å². The van der Waals surface area contributed by atoms with Crippen molar-refractivity contribution < 1.29 is 19.3 Å². The molecule has 0 aromatic heterocycles. The summed E-state index contributed by atoms with van der Waals surface area (Å²) in [6.45, 7) is 2.15. The molecule has 0 N–H and O–H groups in total. The molecule has 0 amide bonds. The van der Waals surface area contributed by atoms with Gasteiger partial charge in [0.25, 0.3) is 11.4 Å². The molecule has 0 aliphatic carbocycles. The van der Waals surface area contributed by atoms with Crippen molar-refractivity contribution in [3.63, 3.8) is 0 Å². The summed E-state index contributed by atoms with van der Waals surface area (Å²) >= 11 is 0. The molecule has 0 fully saturated rings. The number of non-ortho nitro benzene ring substituents is 2. The maximum Gasteiger partial charge on any atom is 0.269 e. The van der Waals surface area contributed by atoms with Crippen molar-refractivity contribution >= 4 is 11.4 Å². The zero-order valence-corrected chi connectivity index (χ0v) is 18.9. The van der Waals surface area contributed by atoms with Gasteiger partial charge in [-0.05, 0) is 72.0 Å². The Bertz CT molecular complexity index is 1300. The number of benzene rings is 4. The standard InChI is InChI=1S/C27H22N2O6/c1-19(21-4-12-25(13-5-21)35-27-16-8-23(9-17-27)29(32)33)18-20-2-10-24(11-3-20)34-26-14-6-22(7-15-26)28(30)31/h2-17,19H,18H2,1H3. The summed E-state index contributed by atoms with van der Waals surface area (Å²) in [5.41, 5.74) is 2.35. The normalized spacial score (nSPS) is 11.5. The van der Waals surface area contributed by atoms with Crippen LogP contribution in [-0.4, -0.2) is 9.85 Å². The zero-order valence-electron chi connectivity index (χ0n) is 18.9. The third-order valence-corrected chi connectivity index (χ3v) is 5.48. The number of nitro groups is 2. The van der Waals surface area contributed by atoms with Crippen molar-refractivity contribution in [3.05, 3.63) is 128 Å². The largest absolute Gasteiger partial charge is 0.457 e. The molecule has 0 heterocycles. The van der Waals surface area contributed by atoms with Gasteiger partial charge in [-0.25, -0.2) is 0 Å². The minimum Gasteiger partial charge on any atom is -0.457 e. The summed E-state index contributed by atoms with van der Waals surface area (Å²) in [4.78, 5) is 20.6. The van der Waals surface area contributed by atoms with Crippen LogP contribution in [0.15, 0.2) is 97.1 Å². The van der Waals surface area contributed by atoms with E-state index in [0.717, 1.165) is 17.5 Å². The van der Waals surface area contributed by atoms with Crippen LogP contribution in [0.4, 0.5) is 11.4 Å². The van der Waals surface area contributed by atoms with Gasteiger partial charge in [0.15, 0.2) is 0 Å². The molecule has 0 aliphatic rings. The molecule has 0 radical (unpaired) electrons. The van der Waals surface area contributed by atoms with Gasteiger partial charge in [-0.15, -0.1) is 0 Å². The van der Waals surface area contributed by atoms with E-state index in [2.05, 4.69) is 6.92 Å². The second kappa shape index (κ2) is 10.5. The Morgan fingerprint density at radius 3 is 1.31 bits per heavy atom. The summed E-state index contributed by atoms with van der Waals surface area (Å²) in [6.07, 6.45) is 0.834. The quantitative estimate of drug-likeness (QED) is 0.186. The molecule has 35 heavy (non-hydrogen) atoms. The Balaban J connectivity index is 1.32. The van der Waals surface area contributed by atoms with E-state index in [0.29, 0.717) is 23.0 Å². The Morgan fingerprint density at radius 1 is 0.600 bits per heavy atom. The third-order valence-electron chi connectivity index (χ3n) is 5.48. The van der Waals surface area contributed by atoms with Gasteiger partial charge in [0.05, 0.1) is 9.85 Å². The van der Waals surface area contributed by atoms with E-state index in [1.807, 2.05) is 48.5 Å². The van der Waals surface area contributed by atoms with Crippen LogP contribution in [0.5, 0.6) is 23.0 Å². The summed E-state index contributed by atoms with van der Waals surface area (Å²) in [5, 5.41) is 21.5. The SMILES string of the molecule is CC(Cc1ccc(Oc2ccc([N+](=O)[O-])cc2)cc1)c1ccc(Oc2ccc([N+](=O)[O-])cc2)cc1. The van der Waals surface area contributed by atoms with E-state index in [1.54, 1.807) is 24.3 Å². The first-order valence-corrected chi connectivity index (χ1v) is 10.9. The van der Waals surface area contributed by atoms with Crippen molar-refractivity contribution in [2.45, 2.75) is 19.3 Å². The molecule has 0 spiro atoms. The Morgan fingerprint density at radius 2 is 0.943 bits per heavy atom. The average molecular weight is 470 g/mol. The molecule has 1 unspecified atom stereocenters. The maximum absolute atomic E-state index is 10.8. The van der Waals surface area contributed by atoms with Crippen LogP contribution in [0.2, 0.25) is 0 Å². The van der Waals surface area contributed by atoms with Gasteiger partial charge >= 0.3 is 0 Å². The number of hydrogen-bond donors (Lipinski definition) is 0. The van der Waals surface area contributed by atoms with Gasteiger partial charge in [0, 0.05) is 24.3 Å². The molecular weight excluding hydrogens is 448 g/mol. The van der Waals surface area contributed by atoms with E-state index in [9.17, 15) is 20.2 Å². The second-order valence-corrected chi connectivity index (χ2v) is 8.02. The minimum absolute atomic E-state index is 0.0208. The van der Waals surface area contributed by atoms with E-state index in [-0.39, 0.29) is 17.3 Å². The Labute approximate surface area is 201 Å². The van der Waals surface area contributed by atoms with Gasteiger partial charge in [-0.2, -0.15) is 0 Å². The van der Waals surface area contributed by atoms with Crippen LogP contribution >= 0.6 is 0 Å². The maximum atomic E-state index is 10.8. The molecule has 4 rings (SSSR count). The smallest absolute Gasteiger partial charge is 0.269 e. The van der Waals surface area contributed by atoms with E-state index in [4.69, 9.17) is 9.47 Å². The van der Waals surface area contributed by atoms with Crippen molar-refractivity contribution in [1.82, 2.24) is 0 Å². The lowest BCUT2D eigenvalue weighted by Gasteiger charge is -2.14. The van der Waals surface area contributed by atoms with Crippen molar-refractivity contribution in [2.75, 3.05) is 0 Å². The van der Waals surface area contributed by atoms with Crippen LogP contribution < -0.4 is 9.47 Å². The Hall–Kier alpha value is -4.72. The first-order chi connectivity index (χ1) is 16.9. The second-order valence-electron chi connectivity index (χ2n) is 8.02. The van der Waals surface area contributed by atoms with Gasteiger partial charge in [0.2, 0.25) is 0 Å². The van der Waals surface area contributed by atoms with Gasteiger partial charge in [0.1, 0.15) is 23.0 Å². The monoisotopic (exact) mass is 470 g/mol. The predicted octanol–water partition coefficient (Wildman–Crippen LogP) is 7.43. The fourth-order valence-corrected chi connectivity index (χ4v) is 3.57. The van der Waals surface area contributed by atoms with Gasteiger partial charge < -0.3 is 9.47 Å². The summed E-state index contributed by atoms with van der Waals surface area (Å²) in [7, 11) is 0. The molecule has 8 nitrogen and oxygen atoms in total. The lowest BCUT2D eigenvalue weighted by molar-refractivity contribution is -0.385. The third kappa shape index (κ3) is 6.20. The number of hydrogen-bond acceptors (Lipinski definition) is 6. The summed E-state index contributed by atoms with van der Waals surface area (Å²) in [6, 6.07) is 27.5. The topological polar surface area (TPSA) is 105 Å². The molecule has 176 valence electrons. The molecule has 8 heteroatoms. The lowest BCUT2D eigenvalue weighted by atomic mass is 9.94. The molecule has 0 aliphatic heterocycles. The minimum atomic E-state index is -0.445. The highest BCUT2D eigenvalue weighted by molar-refractivity contribution is 5.41. The highest BCUT2D eigenvalue weighted by Crippen LogP contribution is 2.28. The Kier molecular flexibility index (Phi) is 7.02. The van der Waals surface area contributed by atoms with E-state index in [1.165, 1.54) is 24.3 Å². The number of rotatable bonds is 9. The van der Waals surface area contributed by atoms with Crippen LogP contribution in [0.1, 0.15) is 24.0 Å². The van der Waals surface area contributed by atoms with Crippen LogP contribution in [0.25, 0.3) is 0 Å².